The van der Waals surface area contributed by atoms with Crippen molar-refractivity contribution in [3.05, 3.63) is 35.9 Å². The molecule has 0 fully saturated rings. The van der Waals surface area contributed by atoms with Crippen molar-refractivity contribution in [1.29, 1.82) is 0 Å². The van der Waals surface area contributed by atoms with Gasteiger partial charge in [0.25, 0.3) is 0 Å². The minimum absolute atomic E-state index is 0.138. The molecule has 160 valence electrons. The van der Waals surface area contributed by atoms with Gasteiger partial charge in [-0.15, -0.1) is 0 Å². The average Bonchev–Trinajstić information content (AvgIpc) is 2.66. The van der Waals surface area contributed by atoms with Crippen molar-refractivity contribution >= 4 is 23.8 Å². The van der Waals surface area contributed by atoms with E-state index >= 15 is 0 Å². The van der Waals surface area contributed by atoms with E-state index in [0.717, 1.165) is 5.56 Å². The van der Waals surface area contributed by atoms with Gasteiger partial charge in [0.05, 0.1) is 12.5 Å². The van der Waals surface area contributed by atoms with Gasteiger partial charge in [-0.3, -0.25) is 14.4 Å². The molecule has 8 N–H and O–H groups in total. The highest BCUT2D eigenvalue weighted by atomic mass is 16.4. The molecule has 0 bridgehead atoms. The standard InChI is InChI=1S/C19H28N4O6/c20-9-5-4-8-14(19(28)29)22-18(27)15(11-16(24)25)23-17(26)13(21)10-12-6-2-1-3-7-12/h1-3,6-7,13-15H,4-5,8-11,20-21H2,(H,22,27)(H,23,26)(H,24,25)(H,28,29)/t13-,14-,15-/m0/s1. The van der Waals surface area contributed by atoms with E-state index in [1.807, 2.05) is 6.07 Å². The van der Waals surface area contributed by atoms with Crippen molar-refractivity contribution in [1.82, 2.24) is 10.6 Å². The van der Waals surface area contributed by atoms with E-state index in [9.17, 15) is 24.3 Å². The number of carboxylic acid groups (broad SMARTS) is 2. The maximum Gasteiger partial charge on any atom is 0.326 e. The van der Waals surface area contributed by atoms with Crippen molar-refractivity contribution in [3.8, 4) is 0 Å². The summed E-state index contributed by atoms with van der Waals surface area (Å²) < 4.78 is 0. The number of nitrogens with two attached hydrogens (primary N) is 2. The zero-order valence-corrected chi connectivity index (χ0v) is 16.0. The number of carbonyl (C=O) groups is 4. The summed E-state index contributed by atoms with van der Waals surface area (Å²) in [4.78, 5) is 47.2. The van der Waals surface area contributed by atoms with E-state index in [-0.39, 0.29) is 12.8 Å². The van der Waals surface area contributed by atoms with E-state index in [2.05, 4.69) is 10.6 Å². The fourth-order valence-corrected chi connectivity index (χ4v) is 2.65. The SMILES string of the molecule is NCCCC[C@H](NC(=O)[C@H](CC(=O)O)NC(=O)[C@@H](N)Cc1ccccc1)C(=O)O. The van der Waals surface area contributed by atoms with Crippen molar-refractivity contribution in [2.45, 2.75) is 50.2 Å². The summed E-state index contributed by atoms with van der Waals surface area (Å²) in [6.45, 7) is 0.386. The summed E-state index contributed by atoms with van der Waals surface area (Å²) in [5, 5.41) is 22.9. The molecule has 0 aliphatic heterocycles. The molecule has 0 spiro atoms. The molecule has 0 unspecified atom stereocenters. The number of aliphatic carboxylic acids is 2. The van der Waals surface area contributed by atoms with Crippen molar-refractivity contribution < 1.29 is 29.4 Å². The van der Waals surface area contributed by atoms with Gasteiger partial charge in [-0.05, 0) is 37.8 Å². The number of hydrogen-bond donors (Lipinski definition) is 6. The lowest BCUT2D eigenvalue weighted by Gasteiger charge is -2.22. The van der Waals surface area contributed by atoms with E-state index in [1.54, 1.807) is 24.3 Å². The fourth-order valence-electron chi connectivity index (χ4n) is 2.65. The molecule has 10 heteroatoms. The average molecular weight is 408 g/mol. The lowest BCUT2D eigenvalue weighted by atomic mass is 10.0. The molecule has 0 heterocycles. The Morgan fingerprint density at radius 2 is 1.55 bits per heavy atom. The minimum atomic E-state index is -1.45. The van der Waals surface area contributed by atoms with Gasteiger partial charge in [-0.1, -0.05) is 30.3 Å². The van der Waals surface area contributed by atoms with Gasteiger partial charge >= 0.3 is 11.9 Å². The van der Waals surface area contributed by atoms with E-state index < -0.39 is 48.3 Å². The molecule has 10 nitrogen and oxygen atoms in total. The van der Waals surface area contributed by atoms with Crippen molar-refractivity contribution in [2.24, 2.45) is 11.5 Å². The summed E-state index contributed by atoms with van der Waals surface area (Å²) in [5.74, 6) is -4.17. The van der Waals surface area contributed by atoms with Gasteiger partial charge in [0.1, 0.15) is 12.1 Å². The Morgan fingerprint density at radius 1 is 0.931 bits per heavy atom. The van der Waals surface area contributed by atoms with Gasteiger partial charge in [0.15, 0.2) is 0 Å². The monoisotopic (exact) mass is 408 g/mol. The Bertz CT molecular complexity index is 697. The minimum Gasteiger partial charge on any atom is -0.481 e. The Morgan fingerprint density at radius 3 is 2.10 bits per heavy atom. The van der Waals surface area contributed by atoms with Crippen molar-refractivity contribution in [3.63, 3.8) is 0 Å². The van der Waals surface area contributed by atoms with Gasteiger partial charge in [-0.25, -0.2) is 4.79 Å². The predicted molar refractivity (Wildman–Crippen MR) is 105 cm³/mol. The number of hydrogen-bond acceptors (Lipinski definition) is 6. The van der Waals surface area contributed by atoms with E-state index in [4.69, 9.17) is 16.6 Å². The first-order chi connectivity index (χ1) is 13.7. The number of benzene rings is 1. The summed E-state index contributed by atoms with van der Waals surface area (Å²) in [6.07, 6.45) is 0.699. The quantitative estimate of drug-likeness (QED) is 0.229. The van der Waals surface area contributed by atoms with Crippen LogP contribution in [0.1, 0.15) is 31.2 Å². The molecule has 0 aliphatic carbocycles. The molecule has 0 saturated carbocycles. The maximum atomic E-state index is 12.4. The third-order valence-corrected chi connectivity index (χ3v) is 4.21. The number of rotatable bonds is 13. The molecule has 0 radical (unpaired) electrons. The smallest absolute Gasteiger partial charge is 0.326 e. The first kappa shape index (κ1) is 24.1. The van der Waals surface area contributed by atoms with Gasteiger partial charge in [-0.2, -0.15) is 0 Å². The molecule has 1 rings (SSSR count). The van der Waals surface area contributed by atoms with Gasteiger partial charge < -0.3 is 32.3 Å². The molecule has 29 heavy (non-hydrogen) atoms. The molecule has 0 aromatic heterocycles. The maximum absolute atomic E-state index is 12.4. The largest absolute Gasteiger partial charge is 0.481 e. The molecule has 1 aromatic rings. The second kappa shape index (κ2) is 12.5. The first-order valence-corrected chi connectivity index (χ1v) is 9.29. The highest BCUT2D eigenvalue weighted by molar-refractivity contribution is 5.94. The number of nitrogens with one attached hydrogen (secondary N) is 2. The third kappa shape index (κ3) is 9.17. The lowest BCUT2D eigenvalue weighted by Crippen LogP contribution is -2.55. The van der Waals surface area contributed by atoms with Crippen LogP contribution in [0.5, 0.6) is 0 Å². The van der Waals surface area contributed by atoms with Crippen LogP contribution >= 0.6 is 0 Å². The molecular weight excluding hydrogens is 380 g/mol. The molecule has 2 amide bonds. The highest BCUT2D eigenvalue weighted by Gasteiger charge is 2.29. The normalized spacial score (nSPS) is 13.7. The Labute approximate surface area is 168 Å². The number of unbranched alkanes of at least 4 members (excludes halogenated alkanes) is 1. The number of carbonyl (C=O) groups excluding carboxylic acids is 2. The Hall–Kier alpha value is -2.98. The first-order valence-electron chi connectivity index (χ1n) is 9.29. The fraction of sp³-hybridized carbons (Fsp3) is 0.474. The van der Waals surface area contributed by atoms with E-state index in [1.165, 1.54) is 0 Å². The van der Waals surface area contributed by atoms with Crippen LogP contribution in [0, 0.1) is 0 Å². The third-order valence-electron chi connectivity index (χ3n) is 4.21. The van der Waals surface area contributed by atoms with Crippen LogP contribution in [0.25, 0.3) is 0 Å². The lowest BCUT2D eigenvalue weighted by molar-refractivity contribution is -0.143. The topological polar surface area (TPSA) is 185 Å². The number of carboxylic acids is 2. The molecular formula is C19H28N4O6. The second-order valence-corrected chi connectivity index (χ2v) is 6.64. The van der Waals surface area contributed by atoms with Crippen LogP contribution in [0.3, 0.4) is 0 Å². The second-order valence-electron chi connectivity index (χ2n) is 6.64. The van der Waals surface area contributed by atoms with Crippen LogP contribution in [0.4, 0.5) is 0 Å². The summed E-state index contributed by atoms with van der Waals surface area (Å²) in [5.41, 5.74) is 12.0. The zero-order valence-electron chi connectivity index (χ0n) is 16.0. The molecule has 3 atom stereocenters. The highest BCUT2D eigenvalue weighted by Crippen LogP contribution is 2.05. The zero-order chi connectivity index (χ0) is 21.8. The summed E-state index contributed by atoms with van der Waals surface area (Å²) >= 11 is 0. The van der Waals surface area contributed by atoms with Crippen LogP contribution in [0.15, 0.2) is 30.3 Å². The van der Waals surface area contributed by atoms with Crippen molar-refractivity contribution in [2.75, 3.05) is 6.54 Å². The van der Waals surface area contributed by atoms with Crippen LogP contribution in [-0.4, -0.2) is 58.6 Å². The summed E-state index contributed by atoms with van der Waals surface area (Å²) in [7, 11) is 0. The molecule has 0 aliphatic rings. The Balaban J connectivity index is 2.75. The van der Waals surface area contributed by atoms with Gasteiger partial charge in [0.2, 0.25) is 11.8 Å². The molecule has 0 saturated heterocycles. The van der Waals surface area contributed by atoms with E-state index in [0.29, 0.717) is 19.4 Å². The predicted octanol–water partition coefficient (Wildman–Crippen LogP) is -0.786. The van der Waals surface area contributed by atoms with Gasteiger partial charge in [0, 0.05) is 0 Å². The van der Waals surface area contributed by atoms with Crippen LogP contribution in [0.2, 0.25) is 0 Å². The summed E-state index contributed by atoms with van der Waals surface area (Å²) in [6, 6.07) is 5.31. The van der Waals surface area contributed by atoms with Crippen LogP contribution < -0.4 is 22.1 Å². The van der Waals surface area contributed by atoms with Crippen LogP contribution in [-0.2, 0) is 25.6 Å². The number of amides is 2. The molecule has 1 aromatic carbocycles. The Kier molecular flexibility index (Phi) is 10.3.